The fraction of sp³-hybridized carbons (Fsp3) is 0.364. The third-order valence-electron chi connectivity index (χ3n) is 4.65. The first-order valence-electron chi connectivity index (χ1n) is 9.63. The minimum absolute atomic E-state index is 0.0410. The topological polar surface area (TPSA) is 20.2 Å². The van der Waals surface area contributed by atoms with Gasteiger partial charge in [-0.1, -0.05) is 32.0 Å². The van der Waals surface area contributed by atoms with Crippen LogP contribution in [-0.2, 0) is 19.3 Å². The van der Waals surface area contributed by atoms with Crippen molar-refractivity contribution in [3.8, 4) is 11.1 Å². The summed E-state index contributed by atoms with van der Waals surface area (Å²) in [5.41, 5.74) is 0.595. The van der Waals surface area contributed by atoms with Gasteiger partial charge in [0.1, 0.15) is 5.82 Å². The van der Waals surface area contributed by atoms with E-state index in [2.05, 4.69) is 18.6 Å². The smallest absolute Gasteiger partial charge is 0.347 e. The predicted octanol–water partition coefficient (Wildman–Crippen LogP) is 6.34. The predicted molar refractivity (Wildman–Crippen MR) is 115 cm³/mol. The number of hydrogen-bond acceptors (Lipinski definition) is 3. The summed E-state index contributed by atoms with van der Waals surface area (Å²) in [6.45, 7) is 5.32. The van der Waals surface area contributed by atoms with Crippen molar-refractivity contribution in [3.63, 3.8) is 0 Å². The summed E-state index contributed by atoms with van der Waals surface area (Å²) in [5.74, 6) is -0.337. The molecule has 0 unspecified atom stereocenters. The van der Waals surface area contributed by atoms with E-state index in [1.807, 2.05) is 29.2 Å². The SMILES string of the molecule is CC(C)Cn1cc(CNSN(C)C)c2cc(F)c(-c3ccccc3C(F)(F)F)cc21. The number of nitrogens with one attached hydrogen (secondary N) is 1. The number of nitrogens with zero attached hydrogens (tertiary/aromatic N) is 2. The maximum absolute atomic E-state index is 15.1. The summed E-state index contributed by atoms with van der Waals surface area (Å²) in [6.07, 6.45) is -2.61. The molecular weight excluding hydrogens is 414 g/mol. The van der Waals surface area contributed by atoms with E-state index in [1.54, 1.807) is 6.07 Å². The van der Waals surface area contributed by atoms with Crippen LogP contribution in [0.4, 0.5) is 17.6 Å². The number of fused-ring (bicyclic) bond motifs is 1. The second-order valence-electron chi connectivity index (χ2n) is 7.82. The molecule has 0 aliphatic heterocycles. The van der Waals surface area contributed by atoms with Gasteiger partial charge in [0.05, 0.1) is 5.56 Å². The summed E-state index contributed by atoms with van der Waals surface area (Å²) < 4.78 is 62.7. The minimum Gasteiger partial charge on any atom is -0.347 e. The lowest BCUT2D eigenvalue weighted by Gasteiger charge is -2.15. The molecule has 0 atom stereocenters. The molecule has 2 aromatic carbocycles. The summed E-state index contributed by atoms with van der Waals surface area (Å²) in [6, 6.07) is 8.01. The van der Waals surface area contributed by atoms with Gasteiger partial charge in [0.15, 0.2) is 0 Å². The van der Waals surface area contributed by atoms with Gasteiger partial charge in [0.2, 0.25) is 0 Å². The Hall–Kier alpha value is -2.03. The van der Waals surface area contributed by atoms with Crippen LogP contribution in [0.1, 0.15) is 25.0 Å². The van der Waals surface area contributed by atoms with E-state index in [0.717, 1.165) is 17.1 Å². The van der Waals surface area contributed by atoms with Crippen LogP contribution in [0.25, 0.3) is 22.0 Å². The fourth-order valence-corrected chi connectivity index (χ4v) is 3.96. The van der Waals surface area contributed by atoms with Crippen molar-refractivity contribution in [2.24, 2.45) is 5.92 Å². The quantitative estimate of drug-likeness (QED) is 0.343. The Bertz CT molecular complexity index is 1030. The van der Waals surface area contributed by atoms with Gasteiger partial charge in [0.25, 0.3) is 0 Å². The van der Waals surface area contributed by atoms with Crippen LogP contribution in [-0.4, -0.2) is 23.0 Å². The van der Waals surface area contributed by atoms with Gasteiger partial charge in [-0.25, -0.2) is 13.4 Å². The number of halogens is 4. The zero-order valence-corrected chi connectivity index (χ0v) is 18.2. The molecule has 30 heavy (non-hydrogen) atoms. The average Bonchev–Trinajstić information content (AvgIpc) is 2.96. The summed E-state index contributed by atoms with van der Waals surface area (Å²) in [4.78, 5) is 0. The van der Waals surface area contributed by atoms with Crippen molar-refractivity contribution in [1.29, 1.82) is 0 Å². The molecule has 0 amide bonds. The molecule has 0 radical (unpaired) electrons. The Kier molecular flexibility index (Phi) is 6.79. The Morgan fingerprint density at radius 2 is 1.80 bits per heavy atom. The molecule has 1 aromatic heterocycles. The Morgan fingerprint density at radius 3 is 2.43 bits per heavy atom. The molecule has 0 saturated carbocycles. The maximum atomic E-state index is 15.1. The van der Waals surface area contributed by atoms with Gasteiger partial charge in [-0.2, -0.15) is 13.2 Å². The lowest BCUT2D eigenvalue weighted by molar-refractivity contribution is -0.137. The molecule has 8 heteroatoms. The lowest BCUT2D eigenvalue weighted by Crippen LogP contribution is -2.12. The normalized spacial score (nSPS) is 12.5. The second kappa shape index (κ2) is 8.99. The fourth-order valence-electron chi connectivity index (χ4n) is 3.48. The average molecular weight is 440 g/mol. The van der Waals surface area contributed by atoms with Crippen LogP contribution in [0, 0.1) is 11.7 Å². The molecule has 3 aromatic rings. The van der Waals surface area contributed by atoms with Crippen LogP contribution in [0.2, 0.25) is 0 Å². The minimum atomic E-state index is -4.56. The molecule has 0 aliphatic carbocycles. The van der Waals surface area contributed by atoms with Crippen molar-refractivity contribution in [2.45, 2.75) is 33.1 Å². The van der Waals surface area contributed by atoms with Gasteiger partial charge in [-0.3, -0.25) is 0 Å². The van der Waals surface area contributed by atoms with E-state index < -0.39 is 17.6 Å². The molecule has 162 valence electrons. The van der Waals surface area contributed by atoms with Crippen LogP contribution in [0.5, 0.6) is 0 Å². The first-order chi connectivity index (χ1) is 14.1. The van der Waals surface area contributed by atoms with Gasteiger partial charge < -0.3 is 4.57 Å². The highest BCUT2D eigenvalue weighted by Gasteiger charge is 2.34. The Labute approximate surface area is 178 Å². The van der Waals surface area contributed by atoms with Gasteiger partial charge in [0, 0.05) is 47.9 Å². The standard InChI is InChI=1S/C22H25F4N3S/c1-14(2)12-29-13-15(11-27-30-28(3)4)17-9-20(23)18(10-21(17)29)16-7-5-6-8-19(16)22(24,25)26/h5-10,13-14,27H,11-12H2,1-4H3. The van der Waals surface area contributed by atoms with Crippen LogP contribution in [0.15, 0.2) is 42.6 Å². The Morgan fingerprint density at radius 1 is 1.10 bits per heavy atom. The first kappa shape index (κ1) is 22.7. The van der Waals surface area contributed by atoms with Crippen molar-refractivity contribution in [3.05, 3.63) is 59.5 Å². The molecular formula is C22H25F4N3S. The summed E-state index contributed by atoms with van der Waals surface area (Å²) in [5, 5.41) is 0.702. The van der Waals surface area contributed by atoms with Crippen molar-refractivity contribution < 1.29 is 17.6 Å². The van der Waals surface area contributed by atoms with E-state index in [1.165, 1.54) is 36.4 Å². The number of aromatic nitrogens is 1. The van der Waals surface area contributed by atoms with Gasteiger partial charge in [-0.05, 0) is 49.3 Å². The third kappa shape index (κ3) is 4.99. The van der Waals surface area contributed by atoms with Crippen molar-refractivity contribution >= 4 is 23.0 Å². The second-order valence-corrected chi connectivity index (χ2v) is 9.02. The number of rotatable bonds is 7. The summed E-state index contributed by atoms with van der Waals surface area (Å²) >= 11 is 1.42. The number of hydrogen-bond donors (Lipinski definition) is 1. The van der Waals surface area contributed by atoms with E-state index >= 15 is 4.39 Å². The molecule has 1 N–H and O–H groups in total. The van der Waals surface area contributed by atoms with Crippen molar-refractivity contribution in [2.75, 3.05) is 14.1 Å². The van der Waals surface area contributed by atoms with E-state index in [0.29, 0.717) is 24.4 Å². The van der Waals surface area contributed by atoms with E-state index in [4.69, 9.17) is 0 Å². The molecule has 1 heterocycles. The zero-order chi connectivity index (χ0) is 22.1. The molecule has 0 saturated heterocycles. The monoisotopic (exact) mass is 439 g/mol. The van der Waals surface area contributed by atoms with Crippen LogP contribution >= 0.6 is 12.1 Å². The van der Waals surface area contributed by atoms with Crippen LogP contribution < -0.4 is 4.72 Å². The van der Waals surface area contributed by atoms with Crippen molar-refractivity contribution in [1.82, 2.24) is 13.6 Å². The van der Waals surface area contributed by atoms with Gasteiger partial charge >= 0.3 is 6.18 Å². The van der Waals surface area contributed by atoms with Gasteiger partial charge in [-0.15, -0.1) is 0 Å². The molecule has 3 nitrogen and oxygen atoms in total. The number of alkyl halides is 3. The molecule has 0 spiro atoms. The number of benzene rings is 2. The molecule has 0 aliphatic rings. The van der Waals surface area contributed by atoms with Crippen LogP contribution in [0.3, 0.4) is 0 Å². The van der Waals surface area contributed by atoms with E-state index in [-0.39, 0.29) is 11.1 Å². The highest BCUT2D eigenvalue weighted by atomic mass is 32.2. The molecule has 0 fully saturated rings. The maximum Gasteiger partial charge on any atom is 0.417 e. The Balaban J connectivity index is 2.14. The zero-order valence-electron chi connectivity index (χ0n) is 17.3. The first-order valence-corrected chi connectivity index (χ1v) is 10.4. The summed E-state index contributed by atoms with van der Waals surface area (Å²) in [7, 11) is 3.81. The third-order valence-corrected chi connectivity index (χ3v) is 5.29. The highest BCUT2D eigenvalue weighted by Crippen LogP contribution is 2.39. The molecule has 0 bridgehead atoms. The largest absolute Gasteiger partial charge is 0.417 e. The van der Waals surface area contributed by atoms with E-state index in [9.17, 15) is 13.2 Å². The highest BCUT2D eigenvalue weighted by molar-refractivity contribution is 7.95. The molecule has 3 rings (SSSR count). The lowest BCUT2D eigenvalue weighted by atomic mass is 9.97.